The lowest BCUT2D eigenvalue weighted by molar-refractivity contribution is -0.137. The van der Waals surface area contributed by atoms with E-state index in [0.717, 1.165) is 11.6 Å². The molecular formula is C18H18ClF3NO2. The van der Waals surface area contributed by atoms with Crippen LogP contribution in [0.15, 0.2) is 30.5 Å². The molecule has 1 heterocycles. The molecule has 135 valence electrons. The van der Waals surface area contributed by atoms with E-state index in [0.29, 0.717) is 30.5 Å². The lowest BCUT2D eigenvalue weighted by atomic mass is 10.1. The highest BCUT2D eigenvalue weighted by Gasteiger charge is 2.31. The van der Waals surface area contributed by atoms with Gasteiger partial charge >= 0.3 is 6.18 Å². The highest BCUT2D eigenvalue weighted by molar-refractivity contribution is 6.31. The van der Waals surface area contributed by atoms with Gasteiger partial charge in [-0.1, -0.05) is 24.6 Å². The molecule has 0 fully saturated rings. The maximum Gasteiger partial charge on any atom is 0.417 e. The molecular weight excluding hydrogens is 355 g/mol. The molecule has 0 unspecified atom stereocenters. The van der Waals surface area contributed by atoms with Crippen LogP contribution >= 0.6 is 11.6 Å². The van der Waals surface area contributed by atoms with E-state index in [4.69, 9.17) is 21.1 Å². The van der Waals surface area contributed by atoms with Gasteiger partial charge in [0, 0.05) is 12.3 Å². The molecule has 1 radical (unpaired) electrons. The Kier molecular flexibility index (Phi) is 6.16. The van der Waals surface area contributed by atoms with Crippen molar-refractivity contribution in [3.8, 4) is 17.4 Å². The maximum atomic E-state index is 12.7. The number of hydrogen-bond donors (Lipinski definition) is 0. The highest BCUT2D eigenvalue weighted by atomic mass is 35.5. The zero-order chi connectivity index (χ0) is 18.6. The van der Waals surface area contributed by atoms with Crippen molar-refractivity contribution in [2.24, 2.45) is 0 Å². The minimum Gasteiger partial charge on any atom is -0.491 e. The van der Waals surface area contributed by atoms with Crippen molar-refractivity contribution in [2.75, 3.05) is 0 Å². The minimum atomic E-state index is -4.51. The summed E-state index contributed by atoms with van der Waals surface area (Å²) in [6, 6.07) is 6.09. The molecule has 0 amide bonds. The molecule has 3 nitrogen and oxygen atoms in total. The summed E-state index contributed by atoms with van der Waals surface area (Å²) in [6.07, 6.45) is -2.58. The van der Waals surface area contributed by atoms with Crippen molar-refractivity contribution < 1.29 is 22.6 Å². The molecule has 0 aliphatic rings. The third-order valence-electron chi connectivity index (χ3n) is 3.20. The molecule has 0 atom stereocenters. The molecule has 0 spiro atoms. The fraction of sp³-hybridized carbons (Fsp3) is 0.333. The summed E-state index contributed by atoms with van der Waals surface area (Å²) in [4.78, 5) is 3.70. The number of pyridine rings is 1. The first-order valence-corrected chi connectivity index (χ1v) is 8.08. The van der Waals surface area contributed by atoms with Crippen LogP contribution in [0.2, 0.25) is 5.02 Å². The molecule has 0 N–H and O–H groups in total. The SMILES string of the molecule is [CH2]CCc1ccc(OC(C)C)cc1Oc1ncc(C(F)(F)F)cc1Cl. The Morgan fingerprint density at radius 1 is 1.24 bits per heavy atom. The number of rotatable bonds is 6. The quantitative estimate of drug-likeness (QED) is 0.614. The van der Waals surface area contributed by atoms with Crippen LogP contribution in [0.1, 0.15) is 31.4 Å². The van der Waals surface area contributed by atoms with Gasteiger partial charge in [0.2, 0.25) is 5.88 Å². The predicted octanol–water partition coefficient (Wildman–Crippen LogP) is 6.10. The van der Waals surface area contributed by atoms with Gasteiger partial charge in [0.15, 0.2) is 0 Å². The maximum absolute atomic E-state index is 12.7. The molecule has 2 aromatic rings. The summed E-state index contributed by atoms with van der Waals surface area (Å²) in [5.74, 6) is 0.915. The van der Waals surface area contributed by atoms with E-state index in [1.165, 1.54) is 0 Å². The van der Waals surface area contributed by atoms with Crippen molar-refractivity contribution in [3.63, 3.8) is 0 Å². The standard InChI is InChI=1S/C18H18ClF3NO2/c1-4-5-12-6-7-14(24-11(2)3)9-16(12)25-17-15(19)8-13(10-23-17)18(20,21)22/h6-11H,1,4-5H2,2-3H3. The molecule has 1 aromatic heterocycles. The van der Waals surface area contributed by atoms with Crippen LogP contribution in [0.25, 0.3) is 0 Å². The number of aromatic nitrogens is 1. The monoisotopic (exact) mass is 372 g/mol. The van der Waals surface area contributed by atoms with Gasteiger partial charge in [-0.3, -0.25) is 0 Å². The fourth-order valence-electron chi connectivity index (χ4n) is 2.13. The smallest absolute Gasteiger partial charge is 0.417 e. The van der Waals surface area contributed by atoms with E-state index in [9.17, 15) is 13.2 Å². The molecule has 1 aromatic carbocycles. The van der Waals surface area contributed by atoms with E-state index in [2.05, 4.69) is 11.9 Å². The van der Waals surface area contributed by atoms with Crippen LogP contribution in [-0.4, -0.2) is 11.1 Å². The number of halogens is 4. The lowest BCUT2D eigenvalue weighted by Crippen LogP contribution is -2.07. The molecule has 2 rings (SSSR count). The van der Waals surface area contributed by atoms with Crippen molar-refractivity contribution in [2.45, 2.75) is 39.0 Å². The van der Waals surface area contributed by atoms with Gasteiger partial charge in [-0.15, -0.1) is 0 Å². The number of hydrogen-bond acceptors (Lipinski definition) is 3. The summed E-state index contributed by atoms with van der Waals surface area (Å²) in [6.45, 7) is 7.58. The number of benzene rings is 1. The topological polar surface area (TPSA) is 31.4 Å². The van der Waals surface area contributed by atoms with Gasteiger partial charge in [0.25, 0.3) is 0 Å². The van der Waals surface area contributed by atoms with Gasteiger partial charge in [0.1, 0.15) is 16.5 Å². The van der Waals surface area contributed by atoms with Gasteiger partial charge in [-0.25, -0.2) is 4.98 Å². The largest absolute Gasteiger partial charge is 0.491 e. The average Bonchev–Trinajstić information content (AvgIpc) is 2.50. The average molecular weight is 373 g/mol. The first kappa shape index (κ1) is 19.4. The summed E-state index contributed by atoms with van der Waals surface area (Å²) < 4.78 is 49.4. The molecule has 0 saturated heterocycles. The van der Waals surface area contributed by atoms with E-state index in [1.54, 1.807) is 12.1 Å². The van der Waals surface area contributed by atoms with E-state index in [1.807, 2.05) is 19.9 Å². The van der Waals surface area contributed by atoms with Crippen LogP contribution in [0.5, 0.6) is 17.4 Å². The predicted molar refractivity (Wildman–Crippen MR) is 90.2 cm³/mol. The summed E-state index contributed by atoms with van der Waals surface area (Å²) in [5.41, 5.74) is -0.0939. The number of ether oxygens (including phenoxy) is 2. The number of nitrogens with zero attached hydrogens (tertiary/aromatic N) is 1. The molecule has 0 aliphatic carbocycles. The van der Waals surface area contributed by atoms with E-state index < -0.39 is 11.7 Å². The Hall–Kier alpha value is -1.95. The highest BCUT2D eigenvalue weighted by Crippen LogP contribution is 2.36. The number of alkyl halides is 3. The Morgan fingerprint density at radius 3 is 2.52 bits per heavy atom. The third kappa shape index (κ3) is 5.26. The normalized spacial score (nSPS) is 11.7. The molecule has 0 saturated carbocycles. The Bertz CT molecular complexity index is 733. The summed E-state index contributed by atoms with van der Waals surface area (Å²) in [5, 5.41) is -0.217. The second-order valence-corrected chi connectivity index (χ2v) is 6.06. The second-order valence-electron chi connectivity index (χ2n) is 5.65. The summed E-state index contributed by atoms with van der Waals surface area (Å²) >= 11 is 5.91. The molecule has 7 heteroatoms. The Morgan fingerprint density at radius 2 is 1.96 bits per heavy atom. The Balaban J connectivity index is 2.34. The first-order valence-electron chi connectivity index (χ1n) is 7.70. The van der Waals surface area contributed by atoms with Gasteiger partial charge in [-0.2, -0.15) is 13.2 Å². The zero-order valence-electron chi connectivity index (χ0n) is 13.9. The van der Waals surface area contributed by atoms with E-state index in [-0.39, 0.29) is 17.0 Å². The summed E-state index contributed by atoms with van der Waals surface area (Å²) in [7, 11) is 0. The van der Waals surface area contributed by atoms with Gasteiger partial charge < -0.3 is 9.47 Å². The van der Waals surface area contributed by atoms with E-state index >= 15 is 0 Å². The number of aryl methyl sites for hydroxylation is 1. The first-order chi connectivity index (χ1) is 11.7. The van der Waals surface area contributed by atoms with Crippen molar-refractivity contribution in [1.82, 2.24) is 4.98 Å². The van der Waals surface area contributed by atoms with Crippen LogP contribution in [0, 0.1) is 6.92 Å². The van der Waals surface area contributed by atoms with Gasteiger partial charge in [0.05, 0.1) is 11.7 Å². The van der Waals surface area contributed by atoms with Crippen LogP contribution in [0.3, 0.4) is 0 Å². The lowest BCUT2D eigenvalue weighted by Gasteiger charge is -2.15. The third-order valence-corrected chi connectivity index (χ3v) is 3.47. The fourth-order valence-corrected chi connectivity index (χ4v) is 2.34. The molecule has 25 heavy (non-hydrogen) atoms. The Labute approximate surface area is 149 Å². The van der Waals surface area contributed by atoms with Crippen molar-refractivity contribution in [3.05, 3.63) is 53.5 Å². The second kappa shape index (κ2) is 7.95. The van der Waals surface area contributed by atoms with Gasteiger partial charge in [-0.05, 0) is 44.4 Å². The van der Waals surface area contributed by atoms with Crippen molar-refractivity contribution >= 4 is 11.6 Å². The van der Waals surface area contributed by atoms with Crippen LogP contribution in [-0.2, 0) is 12.6 Å². The minimum absolute atomic E-state index is 0.0284. The van der Waals surface area contributed by atoms with Crippen molar-refractivity contribution in [1.29, 1.82) is 0 Å². The zero-order valence-corrected chi connectivity index (χ0v) is 14.6. The van der Waals surface area contributed by atoms with Crippen LogP contribution in [0.4, 0.5) is 13.2 Å². The molecule has 0 aliphatic heterocycles. The van der Waals surface area contributed by atoms with Crippen LogP contribution < -0.4 is 9.47 Å². The molecule has 0 bridgehead atoms.